The molecular weight excluding hydrogens is 329 g/mol. The van der Waals surface area contributed by atoms with Gasteiger partial charge in [0.1, 0.15) is 5.82 Å². The van der Waals surface area contributed by atoms with Crippen LogP contribution >= 0.6 is 11.6 Å². The summed E-state index contributed by atoms with van der Waals surface area (Å²) in [5.74, 6) is -0.517. The van der Waals surface area contributed by atoms with E-state index >= 15 is 0 Å². The second-order valence-electron chi connectivity index (χ2n) is 5.59. The van der Waals surface area contributed by atoms with Crippen LogP contribution < -0.4 is 10.6 Å². The minimum absolute atomic E-state index is 0.0273. The third kappa shape index (κ3) is 5.51. The molecule has 2 aromatic rings. The van der Waals surface area contributed by atoms with Crippen LogP contribution in [0.4, 0.5) is 14.9 Å². The summed E-state index contributed by atoms with van der Waals surface area (Å²) in [6, 6.07) is 11.8. The number of nitrogens with one attached hydrogen (secondary N) is 2. The molecular formula is C18H21ClFN3O. The number of amides is 2. The fourth-order valence-electron chi connectivity index (χ4n) is 2.19. The number of carbonyl (C=O) groups is 1. The van der Waals surface area contributed by atoms with Crippen LogP contribution in [0.1, 0.15) is 18.1 Å². The van der Waals surface area contributed by atoms with Crippen molar-refractivity contribution in [3.05, 3.63) is 64.4 Å². The van der Waals surface area contributed by atoms with Crippen molar-refractivity contribution >= 4 is 23.3 Å². The van der Waals surface area contributed by atoms with Gasteiger partial charge in [-0.3, -0.25) is 0 Å². The molecule has 0 atom stereocenters. The normalized spacial score (nSPS) is 10.7. The van der Waals surface area contributed by atoms with Gasteiger partial charge in [-0.25, -0.2) is 9.18 Å². The molecule has 24 heavy (non-hydrogen) atoms. The monoisotopic (exact) mass is 349 g/mol. The molecule has 0 radical (unpaired) electrons. The molecule has 2 N–H and O–H groups in total. The summed E-state index contributed by atoms with van der Waals surface area (Å²) in [5.41, 5.74) is 2.66. The number of anilines is 1. The molecule has 0 saturated heterocycles. The fourth-order valence-corrected chi connectivity index (χ4v) is 2.37. The van der Waals surface area contributed by atoms with Crippen molar-refractivity contribution < 1.29 is 9.18 Å². The SMILES string of the molecule is CCN(C)Cc1cccc(CNC(=O)Nc2ccc(F)c(Cl)c2)c1. The van der Waals surface area contributed by atoms with Gasteiger partial charge < -0.3 is 15.5 Å². The van der Waals surface area contributed by atoms with Gasteiger partial charge in [-0.15, -0.1) is 0 Å². The Kier molecular flexibility index (Phi) is 6.58. The molecule has 2 amide bonds. The molecule has 0 aliphatic rings. The highest BCUT2D eigenvalue weighted by Crippen LogP contribution is 2.19. The topological polar surface area (TPSA) is 44.4 Å². The van der Waals surface area contributed by atoms with E-state index in [1.54, 1.807) is 0 Å². The first-order valence-corrected chi connectivity index (χ1v) is 8.12. The predicted octanol–water partition coefficient (Wildman–Crippen LogP) is 4.25. The molecule has 0 heterocycles. The van der Waals surface area contributed by atoms with Gasteiger partial charge in [0, 0.05) is 18.8 Å². The Hall–Kier alpha value is -2.11. The maximum absolute atomic E-state index is 13.1. The summed E-state index contributed by atoms with van der Waals surface area (Å²) in [6.07, 6.45) is 0. The van der Waals surface area contributed by atoms with Crippen LogP contribution in [0.2, 0.25) is 5.02 Å². The maximum atomic E-state index is 13.1. The van der Waals surface area contributed by atoms with Crippen molar-refractivity contribution in [2.45, 2.75) is 20.0 Å². The van der Waals surface area contributed by atoms with E-state index in [2.05, 4.69) is 41.6 Å². The summed E-state index contributed by atoms with van der Waals surface area (Å²) in [4.78, 5) is 14.1. The van der Waals surface area contributed by atoms with Crippen LogP contribution in [0.15, 0.2) is 42.5 Å². The average Bonchev–Trinajstić information content (AvgIpc) is 2.56. The lowest BCUT2D eigenvalue weighted by Crippen LogP contribution is -2.28. The van der Waals surface area contributed by atoms with Gasteiger partial charge in [0.05, 0.1) is 5.02 Å². The Labute approximate surface area is 146 Å². The first kappa shape index (κ1) is 18.2. The van der Waals surface area contributed by atoms with Crippen LogP contribution in [-0.4, -0.2) is 24.5 Å². The molecule has 0 aliphatic heterocycles. The number of halogens is 2. The van der Waals surface area contributed by atoms with Crippen LogP contribution in [-0.2, 0) is 13.1 Å². The largest absolute Gasteiger partial charge is 0.334 e. The van der Waals surface area contributed by atoms with Gasteiger partial charge in [0.15, 0.2) is 0 Å². The van der Waals surface area contributed by atoms with Crippen molar-refractivity contribution in [3.8, 4) is 0 Å². The van der Waals surface area contributed by atoms with E-state index in [-0.39, 0.29) is 11.1 Å². The van der Waals surface area contributed by atoms with Crippen molar-refractivity contribution in [1.82, 2.24) is 10.2 Å². The zero-order valence-electron chi connectivity index (χ0n) is 13.8. The molecule has 2 rings (SSSR count). The molecule has 0 aliphatic carbocycles. The van der Waals surface area contributed by atoms with Gasteiger partial charge in [-0.2, -0.15) is 0 Å². The molecule has 0 fully saturated rings. The van der Waals surface area contributed by atoms with E-state index in [1.165, 1.54) is 23.8 Å². The van der Waals surface area contributed by atoms with Crippen LogP contribution in [0.5, 0.6) is 0 Å². The van der Waals surface area contributed by atoms with E-state index in [4.69, 9.17) is 11.6 Å². The van der Waals surface area contributed by atoms with Gasteiger partial charge in [-0.05, 0) is 42.9 Å². The first-order chi connectivity index (χ1) is 11.5. The first-order valence-electron chi connectivity index (χ1n) is 7.74. The van der Waals surface area contributed by atoms with Gasteiger partial charge in [0.25, 0.3) is 0 Å². The molecule has 0 bridgehead atoms. The Morgan fingerprint density at radius 3 is 2.67 bits per heavy atom. The Morgan fingerprint density at radius 2 is 1.96 bits per heavy atom. The van der Waals surface area contributed by atoms with Crippen LogP contribution in [0.25, 0.3) is 0 Å². The van der Waals surface area contributed by atoms with Gasteiger partial charge >= 0.3 is 6.03 Å². The second-order valence-corrected chi connectivity index (χ2v) is 5.99. The van der Waals surface area contributed by atoms with Crippen molar-refractivity contribution in [1.29, 1.82) is 0 Å². The van der Waals surface area contributed by atoms with E-state index in [9.17, 15) is 9.18 Å². The summed E-state index contributed by atoms with van der Waals surface area (Å²) in [7, 11) is 2.06. The third-order valence-corrected chi connectivity index (χ3v) is 3.90. The highest BCUT2D eigenvalue weighted by atomic mass is 35.5. The molecule has 0 spiro atoms. The number of hydrogen-bond acceptors (Lipinski definition) is 2. The lowest BCUT2D eigenvalue weighted by atomic mass is 10.1. The van der Waals surface area contributed by atoms with E-state index in [0.717, 1.165) is 18.7 Å². The number of rotatable bonds is 6. The zero-order chi connectivity index (χ0) is 17.5. The molecule has 0 saturated carbocycles. The summed E-state index contributed by atoms with van der Waals surface area (Å²) in [5, 5.41) is 5.38. The molecule has 0 aromatic heterocycles. The zero-order valence-corrected chi connectivity index (χ0v) is 14.5. The molecule has 6 heteroatoms. The number of benzene rings is 2. The molecule has 2 aromatic carbocycles. The standard InChI is InChI=1S/C18H21ClFN3O/c1-3-23(2)12-14-6-4-5-13(9-14)11-21-18(24)22-15-7-8-17(20)16(19)10-15/h4-10H,3,11-12H2,1-2H3,(H2,21,22,24). The number of hydrogen-bond donors (Lipinski definition) is 2. The minimum Gasteiger partial charge on any atom is -0.334 e. The van der Waals surface area contributed by atoms with Crippen LogP contribution in [0, 0.1) is 5.82 Å². The number of carbonyl (C=O) groups excluding carboxylic acids is 1. The minimum atomic E-state index is -0.517. The quantitative estimate of drug-likeness (QED) is 0.818. The van der Waals surface area contributed by atoms with Gasteiger partial charge in [0.2, 0.25) is 0 Å². The Bertz CT molecular complexity index is 708. The molecule has 0 unspecified atom stereocenters. The van der Waals surface area contributed by atoms with E-state index in [0.29, 0.717) is 12.2 Å². The van der Waals surface area contributed by atoms with Crippen molar-refractivity contribution in [2.75, 3.05) is 18.9 Å². The number of urea groups is 1. The summed E-state index contributed by atoms with van der Waals surface area (Å²) < 4.78 is 13.1. The van der Waals surface area contributed by atoms with Crippen molar-refractivity contribution in [2.24, 2.45) is 0 Å². The van der Waals surface area contributed by atoms with Gasteiger partial charge in [-0.1, -0.05) is 42.8 Å². The molecule has 128 valence electrons. The predicted molar refractivity (Wildman–Crippen MR) is 95.7 cm³/mol. The van der Waals surface area contributed by atoms with E-state index in [1.807, 2.05) is 12.1 Å². The second kappa shape index (κ2) is 8.66. The maximum Gasteiger partial charge on any atom is 0.319 e. The number of nitrogens with zero attached hydrogens (tertiary/aromatic N) is 1. The van der Waals surface area contributed by atoms with E-state index < -0.39 is 5.82 Å². The lowest BCUT2D eigenvalue weighted by Gasteiger charge is -2.14. The van der Waals surface area contributed by atoms with Crippen LogP contribution in [0.3, 0.4) is 0 Å². The smallest absolute Gasteiger partial charge is 0.319 e. The summed E-state index contributed by atoms with van der Waals surface area (Å²) in [6.45, 7) is 4.36. The Morgan fingerprint density at radius 1 is 1.21 bits per heavy atom. The summed E-state index contributed by atoms with van der Waals surface area (Å²) >= 11 is 5.69. The third-order valence-electron chi connectivity index (χ3n) is 3.61. The van der Waals surface area contributed by atoms with Crippen molar-refractivity contribution in [3.63, 3.8) is 0 Å². The highest BCUT2D eigenvalue weighted by Gasteiger charge is 2.05. The Balaban J connectivity index is 1.89. The highest BCUT2D eigenvalue weighted by molar-refractivity contribution is 6.31. The molecule has 4 nitrogen and oxygen atoms in total. The fraction of sp³-hybridized carbons (Fsp3) is 0.278. The average molecular weight is 350 g/mol. The lowest BCUT2D eigenvalue weighted by molar-refractivity contribution is 0.251.